The molecule has 2 rings (SSSR count). The van der Waals surface area contributed by atoms with Crippen LogP contribution in [0.4, 0.5) is 0 Å². The van der Waals surface area contributed by atoms with Crippen molar-refractivity contribution < 1.29 is 0 Å². The average Bonchev–Trinajstić information content (AvgIpc) is 2.16. The molecule has 3 atom stereocenters. The van der Waals surface area contributed by atoms with Gasteiger partial charge in [0.25, 0.3) is 0 Å². The number of piperazine rings is 1. The minimum absolute atomic E-state index is 0.737. The van der Waals surface area contributed by atoms with Crippen LogP contribution in [-0.4, -0.2) is 36.6 Å². The quantitative estimate of drug-likeness (QED) is 0.713. The molecule has 88 valence electrons. The second kappa shape index (κ2) is 4.84. The second-order valence-electron chi connectivity index (χ2n) is 5.86. The van der Waals surface area contributed by atoms with Crippen molar-refractivity contribution >= 4 is 0 Å². The molecular weight excluding hydrogens is 184 g/mol. The molecule has 1 N–H and O–H groups in total. The minimum Gasteiger partial charge on any atom is -0.314 e. The number of nitrogens with one attached hydrogen (secondary N) is 1. The van der Waals surface area contributed by atoms with Crippen LogP contribution in [0.3, 0.4) is 0 Å². The first-order chi connectivity index (χ1) is 7.16. The van der Waals surface area contributed by atoms with Crippen LogP contribution in [0.25, 0.3) is 0 Å². The highest BCUT2D eigenvalue weighted by atomic mass is 15.2. The summed E-state index contributed by atoms with van der Waals surface area (Å²) in [5, 5.41) is 3.48. The summed E-state index contributed by atoms with van der Waals surface area (Å²) in [6.07, 6.45) is 4.29. The van der Waals surface area contributed by atoms with Gasteiger partial charge >= 0.3 is 0 Å². The summed E-state index contributed by atoms with van der Waals surface area (Å²) < 4.78 is 0. The van der Waals surface area contributed by atoms with Gasteiger partial charge in [-0.3, -0.25) is 4.90 Å². The van der Waals surface area contributed by atoms with Crippen LogP contribution in [0.15, 0.2) is 0 Å². The highest BCUT2D eigenvalue weighted by Crippen LogP contribution is 2.32. The molecule has 0 radical (unpaired) electrons. The molecule has 15 heavy (non-hydrogen) atoms. The molecule has 0 aromatic carbocycles. The van der Waals surface area contributed by atoms with Gasteiger partial charge in [-0.15, -0.1) is 0 Å². The van der Waals surface area contributed by atoms with Gasteiger partial charge in [-0.1, -0.05) is 13.8 Å². The lowest BCUT2D eigenvalue weighted by atomic mass is 9.79. The van der Waals surface area contributed by atoms with E-state index in [0.717, 1.165) is 23.9 Å². The van der Waals surface area contributed by atoms with Crippen LogP contribution < -0.4 is 5.32 Å². The lowest BCUT2D eigenvalue weighted by Crippen LogP contribution is -2.55. The van der Waals surface area contributed by atoms with E-state index in [1.807, 2.05) is 0 Å². The molecule has 0 bridgehead atoms. The standard InChI is InChI=1S/C13H26N2/c1-10-6-11(2)8-13(7-10)15-5-4-14-9-12(15)3/h10-14H,4-9H2,1-3H3/t10?,11?,12-,13?/m0/s1. The zero-order chi connectivity index (χ0) is 10.8. The maximum absolute atomic E-state index is 3.48. The largest absolute Gasteiger partial charge is 0.314 e. The third-order valence-corrected chi connectivity index (χ3v) is 4.18. The zero-order valence-corrected chi connectivity index (χ0v) is 10.5. The molecule has 0 spiro atoms. The normalized spacial score (nSPS) is 44.2. The molecular formula is C13H26N2. The molecule has 0 aromatic rings. The van der Waals surface area contributed by atoms with Gasteiger partial charge in [0, 0.05) is 31.7 Å². The van der Waals surface area contributed by atoms with Crippen molar-refractivity contribution in [2.24, 2.45) is 11.8 Å². The molecule has 0 aromatic heterocycles. The van der Waals surface area contributed by atoms with Gasteiger partial charge in [-0.25, -0.2) is 0 Å². The Hall–Kier alpha value is -0.0800. The van der Waals surface area contributed by atoms with Crippen LogP contribution in [-0.2, 0) is 0 Å². The average molecular weight is 210 g/mol. The molecule has 2 fully saturated rings. The molecule has 1 aliphatic heterocycles. The molecule has 2 unspecified atom stereocenters. The van der Waals surface area contributed by atoms with Gasteiger partial charge in [0.1, 0.15) is 0 Å². The summed E-state index contributed by atoms with van der Waals surface area (Å²) in [6.45, 7) is 10.8. The Morgan fingerprint density at radius 1 is 1.00 bits per heavy atom. The molecule has 0 amide bonds. The van der Waals surface area contributed by atoms with Crippen molar-refractivity contribution in [2.45, 2.75) is 52.1 Å². The fraction of sp³-hybridized carbons (Fsp3) is 1.00. The van der Waals surface area contributed by atoms with Crippen molar-refractivity contribution in [1.29, 1.82) is 0 Å². The second-order valence-corrected chi connectivity index (χ2v) is 5.86. The SMILES string of the molecule is CC1CC(C)CC(N2CCNC[C@@H]2C)C1. The smallest absolute Gasteiger partial charge is 0.0195 e. The maximum atomic E-state index is 3.48. The zero-order valence-electron chi connectivity index (χ0n) is 10.5. The maximum Gasteiger partial charge on any atom is 0.0195 e. The highest BCUT2D eigenvalue weighted by Gasteiger charge is 2.31. The van der Waals surface area contributed by atoms with E-state index < -0.39 is 0 Å². The molecule has 2 heteroatoms. The van der Waals surface area contributed by atoms with E-state index in [-0.39, 0.29) is 0 Å². The van der Waals surface area contributed by atoms with Crippen molar-refractivity contribution in [2.75, 3.05) is 19.6 Å². The van der Waals surface area contributed by atoms with E-state index in [0.29, 0.717) is 0 Å². The monoisotopic (exact) mass is 210 g/mol. The van der Waals surface area contributed by atoms with Crippen molar-refractivity contribution in [3.8, 4) is 0 Å². The van der Waals surface area contributed by atoms with Crippen molar-refractivity contribution in [1.82, 2.24) is 10.2 Å². The topological polar surface area (TPSA) is 15.3 Å². The van der Waals surface area contributed by atoms with E-state index in [9.17, 15) is 0 Å². The first-order valence-corrected chi connectivity index (χ1v) is 6.63. The van der Waals surface area contributed by atoms with E-state index in [1.54, 1.807) is 0 Å². The van der Waals surface area contributed by atoms with E-state index in [2.05, 4.69) is 31.0 Å². The van der Waals surface area contributed by atoms with Gasteiger partial charge in [-0.05, 0) is 38.0 Å². The molecule has 1 saturated heterocycles. The van der Waals surface area contributed by atoms with Crippen molar-refractivity contribution in [3.05, 3.63) is 0 Å². The molecule has 1 heterocycles. The number of hydrogen-bond donors (Lipinski definition) is 1. The summed E-state index contributed by atoms with van der Waals surface area (Å²) >= 11 is 0. The summed E-state index contributed by atoms with van der Waals surface area (Å²) in [4.78, 5) is 2.75. The lowest BCUT2D eigenvalue weighted by Gasteiger charge is -2.44. The highest BCUT2D eigenvalue weighted by molar-refractivity contribution is 4.87. The number of rotatable bonds is 1. The van der Waals surface area contributed by atoms with Gasteiger partial charge in [0.2, 0.25) is 0 Å². The summed E-state index contributed by atoms with van der Waals surface area (Å²) in [5.74, 6) is 1.86. The number of hydrogen-bond acceptors (Lipinski definition) is 2. The Balaban J connectivity index is 1.95. The summed E-state index contributed by atoms with van der Waals surface area (Å²) in [5.41, 5.74) is 0. The first-order valence-electron chi connectivity index (χ1n) is 6.63. The fourth-order valence-electron chi connectivity index (χ4n) is 3.57. The van der Waals surface area contributed by atoms with Crippen LogP contribution in [0, 0.1) is 11.8 Å². The Morgan fingerprint density at radius 2 is 1.67 bits per heavy atom. The minimum atomic E-state index is 0.737. The van der Waals surface area contributed by atoms with E-state index >= 15 is 0 Å². The number of nitrogens with zero attached hydrogens (tertiary/aromatic N) is 1. The third kappa shape index (κ3) is 2.73. The predicted octanol–water partition coefficient (Wildman–Crippen LogP) is 2.10. The van der Waals surface area contributed by atoms with Crippen LogP contribution in [0.5, 0.6) is 0 Å². The summed E-state index contributed by atoms with van der Waals surface area (Å²) in [7, 11) is 0. The Bertz CT molecular complexity index is 195. The van der Waals surface area contributed by atoms with Gasteiger partial charge in [0.15, 0.2) is 0 Å². The fourth-order valence-corrected chi connectivity index (χ4v) is 3.57. The molecule has 1 saturated carbocycles. The van der Waals surface area contributed by atoms with Crippen LogP contribution in [0.1, 0.15) is 40.0 Å². The van der Waals surface area contributed by atoms with Crippen LogP contribution >= 0.6 is 0 Å². The Kier molecular flexibility index (Phi) is 3.68. The van der Waals surface area contributed by atoms with E-state index in [4.69, 9.17) is 0 Å². The first kappa shape index (κ1) is 11.4. The lowest BCUT2D eigenvalue weighted by molar-refractivity contribution is 0.0616. The Morgan fingerprint density at radius 3 is 2.27 bits per heavy atom. The van der Waals surface area contributed by atoms with Crippen LogP contribution in [0.2, 0.25) is 0 Å². The van der Waals surface area contributed by atoms with Gasteiger partial charge < -0.3 is 5.32 Å². The molecule has 2 aliphatic rings. The van der Waals surface area contributed by atoms with Gasteiger partial charge in [-0.2, -0.15) is 0 Å². The molecule has 2 nitrogen and oxygen atoms in total. The molecule has 1 aliphatic carbocycles. The Labute approximate surface area is 94.4 Å². The van der Waals surface area contributed by atoms with Gasteiger partial charge in [0.05, 0.1) is 0 Å². The third-order valence-electron chi connectivity index (χ3n) is 4.18. The predicted molar refractivity (Wildman–Crippen MR) is 65.0 cm³/mol. The van der Waals surface area contributed by atoms with Crippen molar-refractivity contribution in [3.63, 3.8) is 0 Å². The van der Waals surface area contributed by atoms with E-state index in [1.165, 1.54) is 38.9 Å². The summed E-state index contributed by atoms with van der Waals surface area (Å²) in [6, 6.07) is 1.60.